The van der Waals surface area contributed by atoms with Gasteiger partial charge in [-0.15, -0.1) is 0 Å². The van der Waals surface area contributed by atoms with Gasteiger partial charge in [0.25, 0.3) is 0 Å². The number of hydrogen-bond acceptors (Lipinski definition) is 4. The molecule has 1 N–H and O–H groups in total. The fraction of sp³-hybridized carbons (Fsp3) is 0.500. The molecule has 2 rings (SSSR count). The minimum absolute atomic E-state index is 0.420. The van der Waals surface area contributed by atoms with Crippen molar-refractivity contribution < 1.29 is 0 Å². The van der Waals surface area contributed by atoms with Crippen molar-refractivity contribution in [3.8, 4) is 5.82 Å². The Hall–Kier alpha value is -1.75. The molecular weight excluding hydrogens is 238 g/mol. The van der Waals surface area contributed by atoms with Gasteiger partial charge in [-0.3, -0.25) is 4.98 Å². The van der Waals surface area contributed by atoms with E-state index in [1.54, 1.807) is 17.1 Å². The molecule has 0 saturated carbocycles. The molecule has 0 saturated heterocycles. The second-order valence-corrected chi connectivity index (χ2v) is 4.89. The molecule has 0 radical (unpaired) electrons. The lowest BCUT2D eigenvalue weighted by molar-refractivity contribution is 0.657. The van der Waals surface area contributed by atoms with Gasteiger partial charge >= 0.3 is 0 Å². The topological polar surface area (TPSA) is 55.6 Å². The number of rotatable bonds is 6. The summed E-state index contributed by atoms with van der Waals surface area (Å²) in [4.78, 5) is 8.79. The molecule has 5 nitrogen and oxygen atoms in total. The fourth-order valence-electron chi connectivity index (χ4n) is 1.76. The molecule has 0 aromatic carbocycles. The molecule has 0 aliphatic carbocycles. The van der Waals surface area contributed by atoms with Gasteiger partial charge in [-0.25, -0.2) is 9.67 Å². The van der Waals surface area contributed by atoms with Crippen LogP contribution in [0.5, 0.6) is 0 Å². The predicted octanol–water partition coefficient (Wildman–Crippen LogP) is 2.29. The van der Waals surface area contributed by atoms with Crippen LogP contribution in [-0.2, 0) is 6.54 Å². The summed E-state index contributed by atoms with van der Waals surface area (Å²) in [7, 11) is 0. The van der Waals surface area contributed by atoms with Gasteiger partial charge in [0, 0.05) is 18.9 Å². The van der Waals surface area contributed by atoms with Gasteiger partial charge in [-0.1, -0.05) is 20.8 Å². The average Bonchev–Trinajstić information content (AvgIpc) is 2.89. The number of aromatic nitrogens is 4. The van der Waals surface area contributed by atoms with Gasteiger partial charge in [0.2, 0.25) is 0 Å². The molecule has 2 heterocycles. The van der Waals surface area contributed by atoms with Gasteiger partial charge in [0.1, 0.15) is 0 Å². The number of nitrogens with zero attached hydrogens (tertiary/aromatic N) is 4. The van der Waals surface area contributed by atoms with Crippen molar-refractivity contribution in [3.05, 3.63) is 36.0 Å². The summed E-state index contributed by atoms with van der Waals surface area (Å²) in [6, 6.07) is 2.02. The van der Waals surface area contributed by atoms with Crippen molar-refractivity contribution in [1.29, 1.82) is 0 Å². The minimum Gasteiger partial charge on any atom is -0.311 e. The fourth-order valence-corrected chi connectivity index (χ4v) is 1.76. The summed E-state index contributed by atoms with van der Waals surface area (Å²) in [5, 5.41) is 7.83. The lowest BCUT2D eigenvalue weighted by Crippen LogP contribution is -2.15. The van der Waals surface area contributed by atoms with Gasteiger partial charge in [-0.2, -0.15) is 5.10 Å². The van der Waals surface area contributed by atoms with E-state index in [0.717, 1.165) is 36.7 Å². The highest BCUT2D eigenvalue weighted by Gasteiger charge is 2.06. The molecule has 19 heavy (non-hydrogen) atoms. The molecule has 0 aliphatic heterocycles. The highest BCUT2D eigenvalue weighted by molar-refractivity contribution is 5.20. The molecule has 0 atom stereocenters. The smallest absolute Gasteiger partial charge is 0.172 e. The molecule has 0 amide bonds. The van der Waals surface area contributed by atoms with Crippen LogP contribution in [-0.4, -0.2) is 26.3 Å². The van der Waals surface area contributed by atoms with Crippen molar-refractivity contribution in [2.45, 2.75) is 39.7 Å². The Morgan fingerprint density at radius 2 is 2.16 bits per heavy atom. The van der Waals surface area contributed by atoms with Crippen LogP contribution in [0, 0.1) is 0 Å². The Morgan fingerprint density at radius 1 is 1.32 bits per heavy atom. The van der Waals surface area contributed by atoms with Crippen molar-refractivity contribution in [3.63, 3.8) is 0 Å². The maximum absolute atomic E-state index is 4.56. The van der Waals surface area contributed by atoms with Crippen LogP contribution in [0.3, 0.4) is 0 Å². The van der Waals surface area contributed by atoms with Crippen LogP contribution in [0.1, 0.15) is 44.5 Å². The first kappa shape index (κ1) is 13.7. The maximum atomic E-state index is 4.56. The summed E-state index contributed by atoms with van der Waals surface area (Å²) < 4.78 is 1.78. The zero-order valence-electron chi connectivity index (χ0n) is 11.8. The Kier molecular flexibility index (Phi) is 4.63. The molecule has 2 aromatic rings. The monoisotopic (exact) mass is 259 g/mol. The van der Waals surface area contributed by atoms with Gasteiger partial charge < -0.3 is 5.32 Å². The lowest BCUT2D eigenvalue weighted by Gasteiger charge is -2.05. The predicted molar refractivity (Wildman–Crippen MR) is 75.2 cm³/mol. The Labute approximate surface area is 114 Å². The third-order valence-corrected chi connectivity index (χ3v) is 2.84. The molecular formula is C14H21N5. The minimum atomic E-state index is 0.420. The van der Waals surface area contributed by atoms with Gasteiger partial charge in [-0.05, 0) is 24.9 Å². The van der Waals surface area contributed by atoms with Crippen LogP contribution in [0.2, 0.25) is 0 Å². The zero-order chi connectivity index (χ0) is 13.7. The van der Waals surface area contributed by atoms with Crippen LogP contribution >= 0.6 is 0 Å². The van der Waals surface area contributed by atoms with E-state index < -0.39 is 0 Å². The maximum Gasteiger partial charge on any atom is 0.172 e. The SMILES string of the molecule is CCCNCc1cncc(-n2ccc(C(C)C)n2)n1. The molecule has 0 unspecified atom stereocenters. The van der Waals surface area contributed by atoms with Crippen molar-refractivity contribution in [2.24, 2.45) is 0 Å². The molecule has 2 aromatic heterocycles. The third kappa shape index (κ3) is 3.61. The quantitative estimate of drug-likeness (QED) is 0.809. The lowest BCUT2D eigenvalue weighted by atomic mass is 10.1. The van der Waals surface area contributed by atoms with Crippen LogP contribution in [0.4, 0.5) is 0 Å². The number of hydrogen-bond donors (Lipinski definition) is 1. The van der Waals surface area contributed by atoms with Crippen molar-refractivity contribution >= 4 is 0 Å². The molecule has 102 valence electrons. The Morgan fingerprint density at radius 3 is 2.84 bits per heavy atom. The molecule has 0 spiro atoms. The normalized spacial score (nSPS) is 11.2. The first-order valence-electron chi connectivity index (χ1n) is 6.78. The molecule has 0 fully saturated rings. The largest absolute Gasteiger partial charge is 0.311 e. The van der Waals surface area contributed by atoms with Crippen LogP contribution < -0.4 is 5.32 Å². The van der Waals surface area contributed by atoms with E-state index in [9.17, 15) is 0 Å². The zero-order valence-corrected chi connectivity index (χ0v) is 11.8. The number of nitrogens with one attached hydrogen (secondary N) is 1. The molecule has 0 bridgehead atoms. The van der Waals surface area contributed by atoms with E-state index in [4.69, 9.17) is 0 Å². The standard InChI is InChI=1S/C14H21N5/c1-4-6-15-8-12-9-16-10-14(17-12)19-7-5-13(18-19)11(2)3/h5,7,9-11,15H,4,6,8H2,1-3H3. The second-order valence-electron chi connectivity index (χ2n) is 4.89. The summed E-state index contributed by atoms with van der Waals surface area (Å²) in [5.41, 5.74) is 2.00. The second kappa shape index (κ2) is 6.43. The Bertz CT molecular complexity index is 518. The first-order chi connectivity index (χ1) is 9.20. The third-order valence-electron chi connectivity index (χ3n) is 2.84. The summed E-state index contributed by atoms with van der Waals surface area (Å²) >= 11 is 0. The average molecular weight is 259 g/mol. The van der Waals surface area contributed by atoms with E-state index >= 15 is 0 Å². The highest BCUT2D eigenvalue weighted by atomic mass is 15.3. The van der Waals surface area contributed by atoms with E-state index in [1.807, 2.05) is 12.3 Å². The van der Waals surface area contributed by atoms with E-state index in [2.05, 4.69) is 41.2 Å². The van der Waals surface area contributed by atoms with Crippen LogP contribution in [0.25, 0.3) is 5.82 Å². The summed E-state index contributed by atoms with van der Waals surface area (Å²) in [5.74, 6) is 1.19. The summed E-state index contributed by atoms with van der Waals surface area (Å²) in [6.45, 7) is 8.14. The van der Waals surface area contributed by atoms with E-state index in [0.29, 0.717) is 5.92 Å². The van der Waals surface area contributed by atoms with Crippen molar-refractivity contribution in [2.75, 3.05) is 6.54 Å². The van der Waals surface area contributed by atoms with Crippen LogP contribution in [0.15, 0.2) is 24.7 Å². The molecule has 0 aliphatic rings. The van der Waals surface area contributed by atoms with E-state index in [-0.39, 0.29) is 0 Å². The molecule has 5 heteroatoms. The van der Waals surface area contributed by atoms with Gasteiger partial charge in [0.05, 0.1) is 17.6 Å². The van der Waals surface area contributed by atoms with E-state index in [1.165, 1.54) is 0 Å². The Balaban J connectivity index is 2.12. The first-order valence-corrected chi connectivity index (χ1v) is 6.78. The summed E-state index contributed by atoms with van der Waals surface area (Å²) in [6.07, 6.45) is 6.58. The van der Waals surface area contributed by atoms with Gasteiger partial charge in [0.15, 0.2) is 5.82 Å². The van der Waals surface area contributed by atoms with Crippen molar-refractivity contribution in [1.82, 2.24) is 25.1 Å². The highest BCUT2D eigenvalue weighted by Crippen LogP contribution is 2.12.